The second-order valence-electron chi connectivity index (χ2n) is 5.41. The van der Waals surface area contributed by atoms with Gasteiger partial charge in [0.2, 0.25) is 0 Å². The highest BCUT2D eigenvalue weighted by molar-refractivity contribution is 5.90. The molecule has 3 aromatic rings. The van der Waals surface area contributed by atoms with Crippen LogP contribution in [0.3, 0.4) is 0 Å². The minimum absolute atomic E-state index is 0.0359. The number of hydrogen-bond acceptors (Lipinski definition) is 3. The van der Waals surface area contributed by atoms with Crippen LogP contribution in [0.25, 0.3) is 16.9 Å². The Labute approximate surface area is 143 Å². The Morgan fingerprint density at radius 3 is 2.36 bits per heavy atom. The molecule has 0 spiro atoms. The summed E-state index contributed by atoms with van der Waals surface area (Å²) in [7, 11) is 0. The Kier molecular flexibility index (Phi) is 4.31. The molecule has 0 aliphatic heterocycles. The van der Waals surface area contributed by atoms with E-state index in [1.54, 1.807) is 36.4 Å². The van der Waals surface area contributed by atoms with Crippen molar-refractivity contribution in [3.05, 3.63) is 71.2 Å². The molecule has 0 bridgehead atoms. The first-order valence-electron chi connectivity index (χ1n) is 7.66. The van der Waals surface area contributed by atoms with Crippen molar-refractivity contribution < 1.29 is 14.3 Å². The summed E-state index contributed by atoms with van der Waals surface area (Å²) in [6, 6.07) is 14.6. The number of halogens is 1. The second-order valence-corrected chi connectivity index (χ2v) is 5.41. The lowest BCUT2D eigenvalue weighted by Gasteiger charge is -2.09. The van der Waals surface area contributed by atoms with Gasteiger partial charge in [0.1, 0.15) is 5.82 Å². The van der Waals surface area contributed by atoms with Gasteiger partial charge in [-0.2, -0.15) is 10.4 Å². The van der Waals surface area contributed by atoms with Gasteiger partial charge in [-0.25, -0.2) is 13.9 Å². The van der Waals surface area contributed by atoms with Crippen LogP contribution >= 0.6 is 0 Å². The molecule has 0 fully saturated rings. The lowest BCUT2D eigenvalue weighted by atomic mass is 10.0. The average molecular weight is 335 g/mol. The monoisotopic (exact) mass is 335 g/mol. The first-order chi connectivity index (χ1) is 12.0. The molecule has 0 saturated carbocycles. The van der Waals surface area contributed by atoms with Crippen molar-refractivity contribution in [1.29, 1.82) is 5.26 Å². The minimum atomic E-state index is -1.12. The zero-order chi connectivity index (χ0) is 18.0. The molecule has 5 nitrogen and oxygen atoms in total. The molecule has 1 N–H and O–H groups in total. The summed E-state index contributed by atoms with van der Waals surface area (Å²) >= 11 is 0. The van der Waals surface area contributed by atoms with E-state index >= 15 is 0 Å². The van der Waals surface area contributed by atoms with E-state index < -0.39 is 5.97 Å². The van der Waals surface area contributed by atoms with Crippen LogP contribution in [-0.2, 0) is 6.42 Å². The number of rotatable bonds is 4. The summed E-state index contributed by atoms with van der Waals surface area (Å²) in [5, 5.41) is 22.7. The molecule has 0 saturated heterocycles. The largest absolute Gasteiger partial charge is 0.476 e. The standard InChI is InChI=1S/C19H14FN3O2/c1-2-16-17(19(24)25)22-23(15-9-7-14(20)8-10-15)18(16)13-5-3-12(11-21)4-6-13/h3-10H,2H2,1H3,(H,24,25). The van der Waals surface area contributed by atoms with Gasteiger partial charge < -0.3 is 5.11 Å². The minimum Gasteiger partial charge on any atom is -0.476 e. The van der Waals surface area contributed by atoms with Crippen LogP contribution in [0.4, 0.5) is 4.39 Å². The lowest BCUT2D eigenvalue weighted by molar-refractivity contribution is 0.0689. The van der Waals surface area contributed by atoms with Crippen LogP contribution in [0.2, 0.25) is 0 Å². The zero-order valence-electron chi connectivity index (χ0n) is 13.4. The van der Waals surface area contributed by atoms with Crippen molar-refractivity contribution in [3.8, 4) is 23.0 Å². The summed E-state index contributed by atoms with van der Waals surface area (Å²) in [6.07, 6.45) is 0.470. The van der Waals surface area contributed by atoms with Crippen LogP contribution in [0.1, 0.15) is 28.5 Å². The number of hydrogen-bond donors (Lipinski definition) is 1. The Balaban J connectivity index is 2.28. The average Bonchev–Trinajstić information content (AvgIpc) is 3.02. The fourth-order valence-electron chi connectivity index (χ4n) is 2.73. The first kappa shape index (κ1) is 16.4. The third-order valence-corrected chi connectivity index (χ3v) is 3.90. The topological polar surface area (TPSA) is 78.9 Å². The van der Waals surface area contributed by atoms with Crippen LogP contribution < -0.4 is 0 Å². The third-order valence-electron chi connectivity index (χ3n) is 3.90. The molecule has 0 atom stereocenters. The van der Waals surface area contributed by atoms with Crippen molar-refractivity contribution in [2.75, 3.05) is 0 Å². The van der Waals surface area contributed by atoms with E-state index in [0.29, 0.717) is 28.9 Å². The summed E-state index contributed by atoms with van der Waals surface area (Å²) in [4.78, 5) is 11.6. The van der Waals surface area contributed by atoms with Gasteiger partial charge in [-0.15, -0.1) is 0 Å². The van der Waals surface area contributed by atoms with E-state index in [2.05, 4.69) is 11.2 Å². The molecule has 6 heteroatoms. The summed E-state index contributed by atoms with van der Waals surface area (Å²) in [6.45, 7) is 1.85. The van der Waals surface area contributed by atoms with Gasteiger partial charge in [-0.05, 0) is 42.8 Å². The van der Waals surface area contributed by atoms with Gasteiger partial charge in [0.25, 0.3) is 0 Å². The van der Waals surface area contributed by atoms with Crippen LogP contribution in [0.15, 0.2) is 48.5 Å². The highest BCUT2D eigenvalue weighted by Crippen LogP contribution is 2.30. The number of nitrogens with zero attached hydrogens (tertiary/aromatic N) is 3. The number of carboxylic acid groups (broad SMARTS) is 1. The zero-order valence-corrected chi connectivity index (χ0v) is 13.4. The van der Waals surface area contributed by atoms with Gasteiger partial charge in [-0.3, -0.25) is 0 Å². The van der Waals surface area contributed by atoms with Crippen LogP contribution in [-0.4, -0.2) is 20.9 Å². The third kappa shape index (κ3) is 3.00. The number of aromatic carboxylic acids is 1. The van der Waals surface area contributed by atoms with Gasteiger partial charge in [0, 0.05) is 11.1 Å². The van der Waals surface area contributed by atoms with Gasteiger partial charge in [-0.1, -0.05) is 19.1 Å². The van der Waals surface area contributed by atoms with E-state index in [1.807, 2.05) is 6.92 Å². The van der Waals surface area contributed by atoms with Gasteiger partial charge in [0.15, 0.2) is 5.69 Å². The van der Waals surface area contributed by atoms with Crippen molar-refractivity contribution in [1.82, 2.24) is 9.78 Å². The highest BCUT2D eigenvalue weighted by atomic mass is 19.1. The van der Waals surface area contributed by atoms with E-state index in [-0.39, 0.29) is 11.5 Å². The maximum atomic E-state index is 13.2. The molecule has 1 heterocycles. The molecule has 0 radical (unpaired) electrons. The fraction of sp³-hybridized carbons (Fsp3) is 0.105. The van der Waals surface area contributed by atoms with Crippen LogP contribution in [0.5, 0.6) is 0 Å². The normalized spacial score (nSPS) is 10.4. The smallest absolute Gasteiger partial charge is 0.356 e. The number of nitriles is 1. The Morgan fingerprint density at radius 1 is 1.20 bits per heavy atom. The fourth-order valence-corrected chi connectivity index (χ4v) is 2.73. The molecular formula is C19H14FN3O2. The van der Waals surface area contributed by atoms with Crippen molar-refractivity contribution in [2.24, 2.45) is 0 Å². The Hall–Kier alpha value is -3.46. The molecule has 1 aromatic heterocycles. The molecule has 0 aliphatic carbocycles. The molecule has 25 heavy (non-hydrogen) atoms. The Bertz CT molecular complexity index is 968. The number of carbonyl (C=O) groups is 1. The van der Waals surface area contributed by atoms with E-state index in [4.69, 9.17) is 5.26 Å². The maximum absolute atomic E-state index is 13.2. The van der Waals surface area contributed by atoms with Crippen molar-refractivity contribution >= 4 is 5.97 Å². The second kappa shape index (κ2) is 6.57. The number of carboxylic acids is 1. The lowest BCUT2D eigenvalue weighted by Crippen LogP contribution is -2.02. The highest BCUT2D eigenvalue weighted by Gasteiger charge is 2.23. The molecule has 124 valence electrons. The first-order valence-corrected chi connectivity index (χ1v) is 7.66. The molecule has 3 rings (SSSR count). The molecule has 0 amide bonds. The molecular weight excluding hydrogens is 321 g/mol. The summed E-state index contributed by atoms with van der Waals surface area (Å²) in [5.41, 5.74) is 2.97. The van der Waals surface area contributed by atoms with Crippen molar-refractivity contribution in [3.63, 3.8) is 0 Å². The predicted octanol–water partition coefficient (Wildman–Crippen LogP) is 3.81. The Morgan fingerprint density at radius 2 is 1.84 bits per heavy atom. The predicted molar refractivity (Wildman–Crippen MR) is 90.0 cm³/mol. The maximum Gasteiger partial charge on any atom is 0.356 e. The molecule has 0 aliphatic rings. The summed E-state index contributed by atoms with van der Waals surface area (Å²) in [5.74, 6) is -1.50. The van der Waals surface area contributed by atoms with Gasteiger partial charge in [0.05, 0.1) is 23.0 Å². The summed E-state index contributed by atoms with van der Waals surface area (Å²) < 4.78 is 14.7. The van der Waals surface area contributed by atoms with Gasteiger partial charge >= 0.3 is 5.97 Å². The van der Waals surface area contributed by atoms with E-state index in [9.17, 15) is 14.3 Å². The quantitative estimate of drug-likeness (QED) is 0.786. The van der Waals surface area contributed by atoms with Crippen LogP contribution in [0, 0.1) is 17.1 Å². The van der Waals surface area contributed by atoms with E-state index in [0.717, 1.165) is 5.56 Å². The number of aromatic nitrogens is 2. The van der Waals surface area contributed by atoms with E-state index in [1.165, 1.54) is 16.8 Å². The van der Waals surface area contributed by atoms with Crippen molar-refractivity contribution in [2.45, 2.75) is 13.3 Å². The SMILES string of the molecule is CCc1c(C(=O)O)nn(-c2ccc(F)cc2)c1-c1ccc(C#N)cc1. The number of benzene rings is 2. The molecule has 0 unspecified atom stereocenters. The molecule has 2 aromatic carbocycles.